The Bertz CT molecular complexity index is 1630. The Morgan fingerprint density at radius 3 is 2.26 bits per heavy atom. The maximum Gasteiger partial charge on any atom is 0.226 e. The quantitative estimate of drug-likeness (QED) is 0.183. The summed E-state index contributed by atoms with van der Waals surface area (Å²) in [7, 11) is 0. The van der Waals surface area contributed by atoms with Crippen LogP contribution in [0, 0.1) is 11.8 Å². The molecule has 1 aliphatic heterocycles. The summed E-state index contributed by atoms with van der Waals surface area (Å²) in [6.07, 6.45) is 1.26. The minimum absolute atomic E-state index is 0.0157. The van der Waals surface area contributed by atoms with Crippen LogP contribution in [-0.2, 0) is 35.3 Å². The van der Waals surface area contributed by atoms with E-state index in [2.05, 4.69) is 17.4 Å². The van der Waals surface area contributed by atoms with Gasteiger partial charge < -0.3 is 25.5 Å². The number of aliphatic hydroxyl groups is 2. The van der Waals surface area contributed by atoms with Crippen molar-refractivity contribution >= 4 is 11.8 Å². The molecule has 1 saturated heterocycles. The number of carbonyl (C=O) groups excluding carboxylic acids is 2. The fraction of sp³-hybridized carbons (Fsp3) is 0.333. The number of likely N-dealkylation sites (tertiary alicyclic amines) is 1. The third kappa shape index (κ3) is 7.49. The molecule has 1 fully saturated rings. The van der Waals surface area contributed by atoms with Gasteiger partial charge in [-0.2, -0.15) is 0 Å². The van der Waals surface area contributed by atoms with Crippen LogP contribution in [0.3, 0.4) is 0 Å². The highest BCUT2D eigenvalue weighted by molar-refractivity contribution is 5.82. The van der Waals surface area contributed by atoms with Gasteiger partial charge in [0.2, 0.25) is 11.8 Å². The van der Waals surface area contributed by atoms with Crippen molar-refractivity contribution in [1.29, 1.82) is 0 Å². The second-order valence-electron chi connectivity index (χ2n) is 12.9. The number of phenolic OH excluding ortho intramolecular Hbond substituents is 1. The van der Waals surface area contributed by atoms with Crippen LogP contribution >= 0.6 is 0 Å². The molecule has 7 nitrogen and oxygen atoms in total. The average molecular weight is 619 g/mol. The second-order valence-corrected chi connectivity index (χ2v) is 12.9. The maximum atomic E-state index is 13.9. The van der Waals surface area contributed by atoms with Gasteiger partial charge in [-0.3, -0.25) is 9.59 Å². The monoisotopic (exact) mass is 618 g/mol. The van der Waals surface area contributed by atoms with E-state index < -0.39 is 24.2 Å². The molecule has 4 N–H and O–H groups in total. The standard InChI is InChI=1S/C39H42N2O5/c42-33-16-9-14-28(21-33)19-31-22-32(20-27-12-5-2-6-13-27)41(39(31)46)25-34(43)23-30(18-26-10-3-1-4-11-26)38(45)40-37-35-17-8-7-15-29(35)24-36(37)44/h1-17,21,30-32,34,36-37,42-44H,18-20,22-25H2,(H,40,45)/t30-,31?,32+,34+,36-,37?/m1/s1. The summed E-state index contributed by atoms with van der Waals surface area (Å²) in [5.41, 5.74) is 4.94. The van der Waals surface area contributed by atoms with Crippen LogP contribution < -0.4 is 5.32 Å². The largest absolute Gasteiger partial charge is 0.508 e. The van der Waals surface area contributed by atoms with Crippen molar-refractivity contribution in [3.8, 4) is 5.75 Å². The zero-order valence-corrected chi connectivity index (χ0v) is 25.9. The SMILES string of the molecule is O=C(NC1c2ccccc2C[C@H]1O)[C@H](Cc1ccccc1)C[C@H](O)CN1C(=O)C(Cc2cccc(O)c2)C[C@@H]1Cc1ccccc1. The number of benzene rings is 4. The summed E-state index contributed by atoms with van der Waals surface area (Å²) in [5, 5.41) is 35.4. The van der Waals surface area contributed by atoms with Crippen LogP contribution in [-0.4, -0.2) is 56.8 Å². The summed E-state index contributed by atoms with van der Waals surface area (Å²) in [5.74, 6) is -0.898. The summed E-state index contributed by atoms with van der Waals surface area (Å²) in [4.78, 5) is 29.5. The third-order valence-corrected chi connectivity index (χ3v) is 9.50. The van der Waals surface area contributed by atoms with Crippen LogP contribution in [0.1, 0.15) is 46.7 Å². The van der Waals surface area contributed by atoms with E-state index >= 15 is 0 Å². The predicted molar refractivity (Wildman–Crippen MR) is 177 cm³/mol. The van der Waals surface area contributed by atoms with Crippen molar-refractivity contribution in [2.75, 3.05) is 6.54 Å². The van der Waals surface area contributed by atoms with E-state index in [1.165, 1.54) is 0 Å². The Morgan fingerprint density at radius 2 is 1.52 bits per heavy atom. The molecule has 4 aromatic rings. The molecular formula is C39H42N2O5. The van der Waals surface area contributed by atoms with Crippen LogP contribution in [0.4, 0.5) is 0 Å². The molecule has 2 amide bonds. The molecule has 0 radical (unpaired) electrons. The van der Waals surface area contributed by atoms with Gasteiger partial charge in [-0.15, -0.1) is 0 Å². The van der Waals surface area contributed by atoms with E-state index in [1.54, 1.807) is 23.1 Å². The molecule has 6 atom stereocenters. The summed E-state index contributed by atoms with van der Waals surface area (Å²) >= 11 is 0. The molecule has 7 heteroatoms. The summed E-state index contributed by atoms with van der Waals surface area (Å²) in [6.45, 7) is 0.125. The minimum atomic E-state index is -0.929. The topological polar surface area (TPSA) is 110 Å². The fourth-order valence-corrected chi connectivity index (χ4v) is 7.26. The molecule has 2 unspecified atom stereocenters. The zero-order valence-electron chi connectivity index (χ0n) is 25.9. The Labute approximate surface area is 270 Å². The molecule has 0 saturated carbocycles. The summed E-state index contributed by atoms with van der Waals surface area (Å²) in [6, 6.07) is 34.0. The number of nitrogens with zero attached hydrogens (tertiary/aromatic N) is 1. The fourth-order valence-electron chi connectivity index (χ4n) is 7.26. The first-order valence-corrected chi connectivity index (χ1v) is 16.2. The molecule has 4 aromatic carbocycles. The van der Waals surface area contributed by atoms with Crippen LogP contribution in [0.5, 0.6) is 5.75 Å². The number of hydrogen-bond acceptors (Lipinski definition) is 5. The molecule has 0 aromatic heterocycles. The summed E-state index contributed by atoms with van der Waals surface area (Å²) < 4.78 is 0. The second kappa shape index (κ2) is 14.3. The van der Waals surface area contributed by atoms with Gasteiger partial charge in [-0.25, -0.2) is 0 Å². The number of phenols is 1. The number of amides is 2. The van der Waals surface area contributed by atoms with Crippen molar-refractivity contribution < 1.29 is 24.9 Å². The van der Waals surface area contributed by atoms with Gasteiger partial charge in [-0.1, -0.05) is 97.1 Å². The first-order chi connectivity index (χ1) is 22.3. The molecule has 238 valence electrons. The number of hydrogen-bond donors (Lipinski definition) is 4. The smallest absolute Gasteiger partial charge is 0.226 e. The van der Waals surface area contributed by atoms with Gasteiger partial charge >= 0.3 is 0 Å². The van der Waals surface area contributed by atoms with Crippen molar-refractivity contribution in [3.63, 3.8) is 0 Å². The van der Waals surface area contributed by atoms with E-state index in [0.717, 1.165) is 27.8 Å². The van der Waals surface area contributed by atoms with E-state index in [-0.39, 0.29) is 42.5 Å². The minimum Gasteiger partial charge on any atom is -0.508 e. The number of carbonyl (C=O) groups is 2. The predicted octanol–water partition coefficient (Wildman–Crippen LogP) is 4.78. The molecule has 0 bridgehead atoms. The molecule has 2 aliphatic rings. The van der Waals surface area contributed by atoms with Gasteiger partial charge in [0.05, 0.1) is 18.2 Å². The Balaban J connectivity index is 1.19. The van der Waals surface area contributed by atoms with Crippen molar-refractivity contribution in [2.24, 2.45) is 11.8 Å². The van der Waals surface area contributed by atoms with Crippen LogP contribution in [0.15, 0.2) is 109 Å². The van der Waals surface area contributed by atoms with Gasteiger partial charge in [0.25, 0.3) is 0 Å². The number of nitrogens with one attached hydrogen (secondary N) is 1. The molecule has 46 heavy (non-hydrogen) atoms. The maximum absolute atomic E-state index is 13.9. The molecule has 0 spiro atoms. The highest BCUT2D eigenvalue weighted by Gasteiger charge is 2.41. The Morgan fingerprint density at radius 1 is 0.848 bits per heavy atom. The lowest BCUT2D eigenvalue weighted by molar-refractivity contribution is -0.133. The Kier molecular flexibility index (Phi) is 9.81. The average Bonchev–Trinajstić information content (AvgIpc) is 3.52. The lowest BCUT2D eigenvalue weighted by Crippen LogP contribution is -2.43. The van der Waals surface area contributed by atoms with E-state index in [0.29, 0.717) is 32.1 Å². The van der Waals surface area contributed by atoms with E-state index in [1.807, 2.05) is 78.9 Å². The van der Waals surface area contributed by atoms with Crippen molar-refractivity contribution in [2.45, 2.75) is 62.8 Å². The molecule has 1 aliphatic carbocycles. The number of fused-ring (bicyclic) bond motifs is 1. The highest BCUT2D eigenvalue weighted by atomic mass is 16.3. The van der Waals surface area contributed by atoms with Gasteiger partial charge in [0.1, 0.15) is 5.75 Å². The third-order valence-electron chi connectivity index (χ3n) is 9.50. The number of rotatable bonds is 12. The first kappa shape index (κ1) is 31.5. The Hall–Kier alpha value is -4.46. The van der Waals surface area contributed by atoms with Crippen LogP contribution in [0.25, 0.3) is 0 Å². The lowest BCUT2D eigenvalue weighted by atomic mass is 9.91. The first-order valence-electron chi connectivity index (χ1n) is 16.2. The molecule has 1 heterocycles. The van der Waals surface area contributed by atoms with Gasteiger partial charge in [0.15, 0.2) is 0 Å². The number of β-amino-alcohol motifs (C(OH)–C–C–N with tert-alkyl or cyclic N) is 1. The van der Waals surface area contributed by atoms with E-state index in [4.69, 9.17) is 0 Å². The van der Waals surface area contributed by atoms with Crippen molar-refractivity contribution in [1.82, 2.24) is 10.2 Å². The number of aliphatic hydroxyl groups excluding tert-OH is 2. The normalized spacial score (nSPS) is 22.0. The van der Waals surface area contributed by atoms with Gasteiger partial charge in [0, 0.05) is 30.8 Å². The number of aromatic hydroxyl groups is 1. The lowest BCUT2D eigenvalue weighted by Gasteiger charge is -2.29. The van der Waals surface area contributed by atoms with Gasteiger partial charge in [-0.05, 0) is 72.1 Å². The molecule has 6 rings (SSSR count). The zero-order chi connectivity index (χ0) is 32.0. The van der Waals surface area contributed by atoms with Crippen molar-refractivity contribution in [3.05, 3.63) is 137 Å². The highest BCUT2D eigenvalue weighted by Crippen LogP contribution is 2.33. The van der Waals surface area contributed by atoms with E-state index in [9.17, 15) is 24.9 Å². The molecular weight excluding hydrogens is 576 g/mol. The van der Waals surface area contributed by atoms with Crippen LogP contribution in [0.2, 0.25) is 0 Å².